The zero-order valence-electron chi connectivity index (χ0n) is 9.80. The summed E-state index contributed by atoms with van der Waals surface area (Å²) >= 11 is 7.36. The van der Waals surface area contributed by atoms with Crippen LogP contribution in [0.4, 0.5) is 0 Å². The van der Waals surface area contributed by atoms with Gasteiger partial charge in [-0.2, -0.15) is 0 Å². The highest BCUT2D eigenvalue weighted by atomic mass is 35.5. The SMILES string of the molecule is OCc1csc(CCCOc2ccc(Cl)cc2)n1. The van der Waals surface area contributed by atoms with Gasteiger partial charge in [-0.05, 0) is 30.7 Å². The number of hydrogen-bond donors (Lipinski definition) is 1. The molecule has 0 unspecified atom stereocenters. The largest absolute Gasteiger partial charge is 0.494 e. The zero-order valence-corrected chi connectivity index (χ0v) is 11.4. The second-order valence-electron chi connectivity index (χ2n) is 3.80. The molecule has 0 aliphatic rings. The van der Waals surface area contributed by atoms with E-state index in [-0.39, 0.29) is 6.61 Å². The first-order chi connectivity index (χ1) is 8.78. The lowest BCUT2D eigenvalue weighted by Gasteiger charge is -2.04. The molecule has 0 fully saturated rings. The second kappa shape index (κ2) is 6.73. The molecule has 18 heavy (non-hydrogen) atoms. The van der Waals surface area contributed by atoms with Gasteiger partial charge < -0.3 is 9.84 Å². The van der Waals surface area contributed by atoms with Gasteiger partial charge >= 0.3 is 0 Å². The van der Waals surface area contributed by atoms with Gasteiger partial charge in [0.25, 0.3) is 0 Å². The summed E-state index contributed by atoms with van der Waals surface area (Å²) < 4.78 is 5.58. The van der Waals surface area contributed by atoms with E-state index in [1.54, 1.807) is 11.3 Å². The van der Waals surface area contributed by atoms with Crippen molar-refractivity contribution in [1.82, 2.24) is 4.98 Å². The van der Waals surface area contributed by atoms with Gasteiger partial charge in [0.05, 0.1) is 23.9 Å². The summed E-state index contributed by atoms with van der Waals surface area (Å²) in [7, 11) is 0. The molecule has 0 spiro atoms. The van der Waals surface area contributed by atoms with Crippen LogP contribution in [0.3, 0.4) is 0 Å². The van der Waals surface area contributed by atoms with E-state index < -0.39 is 0 Å². The van der Waals surface area contributed by atoms with E-state index in [0.29, 0.717) is 11.6 Å². The fraction of sp³-hybridized carbons (Fsp3) is 0.308. The topological polar surface area (TPSA) is 42.4 Å². The molecule has 0 bridgehead atoms. The van der Waals surface area contributed by atoms with Crippen molar-refractivity contribution in [2.75, 3.05) is 6.61 Å². The summed E-state index contributed by atoms with van der Waals surface area (Å²) in [4.78, 5) is 4.28. The minimum absolute atomic E-state index is 0.0117. The van der Waals surface area contributed by atoms with E-state index in [2.05, 4.69) is 4.98 Å². The Morgan fingerprint density at radius 1 is 1.28 bits per heavy atom. The Morgan fingerprint density at radius 3 is 2.72 bits per heavy atom. The van der Waals surface area contributed by atoms with Gasteiger partial charge in [-0.15, -0.1) is 11.3 Å². The molecule has 5 heteroatoms. The number of hydrogen-bond acceptors (Lipinski definition) is 4. The number of nitrogens with zero attached hydrogens (tertiary/aromatic N) is 1. The van der Waals surface area contributed by atoms with E-state index in [9.17, 15) is 0 Å². The molecule has 0 aliphatic heterocycles. The summed E-state index contributed by atoms with van der Waals surface area (Å²) in [5.41, 5.74) is 0.744. The van der Waals surface area contributed by atoms with Crippen molar-refractivity contribution in [3.05, 3.63) is 45.4 Å². The fourth-order valence-electron chi connectivity index (χ4n) is 1.48. The Labute approximate surface area is 115 Å². The van der Waals surface area contributed by atoms with Crippen LogP contribution in [-0.4, -0.2) is 16.7 Å². The van der Waals surface area contributed by atoms with Gasteiger partial charge in [0.1, 0.15) is 5.75 Å². The molecule has 0 saturated carbocycles. The minimum Gasteiger partial charge on any atom is -0.494 e. The third-order valence-corrected chi connectivity index (χ3v) is 3.59. The van der Waals surface area contributed by atoms with Gasteiger partial charge in [-0.25, -0.2) is 4.98 Å². The first-order valence-electron chi connectivity index (χ1n) is 5.70. The van der Waals surface area contributed by atoms with Gasteiger partial charge in [0.2, 0.25) is 0 Å². The Bertz CT molecular complexity index is 484. The molecule has 2 aromatic rings. The van der Waals surface area contributed by atoms with E-state index in [0.717, 1.165) is 29.3 Å². The van der Waals surface area contributed by atoms with Crippen LogP contribution in [0.1, 0.15) is 17.1 Å². The van der Waals surface area contributed by atoms with Crippen LogP contribution >= 0.6 is 22.9 Å². The molecule has 1 aromatic carbocycles. The standard InChI is InChI=1S/C13H14ClNO2S/c14-10-3-5-12(6-4-10)17-7-1-2-13-15-11(8-16)9-18-13/h3-6,9,16H,1-2,7-8H2. The van der Waals surface area contributed by atoms with Crippen molar-refractivity contribution in [3.63, 3.8) is 0 Å². The molecule has 1 heterocycles. The number of halogens is 1. The number of rotatable bonds is 6. The fourth-order valence-corrected chi connectivity index (χ4v) is 2.44. The van der Waals surface area contributed by atoms with Crippen LogP contribution in [0.5, 0.6) is 5.75 Å². The molecule has 1 aromatic heterocycles. The van der Waals surface area contributed by atoms with Crippen molar-refractivity contribution < 1.29 is 9.84 Å². The second-order valence-corrected chi connectivity index (χ2v) is 5.18. The molecule has 2 rings (SSSR count). The molecular formula is C13H14ClNO2S. The smallest absolute Gasteiger partial charge is 0.119 e. The van der Waals surface area contributed by atoms with Crippen molar-refractivity contribution in [2.45, 2.75) is 19.4 Å². The number of benzene rings is 1. The Morgan fingerprint density at radius 2 is 2.06 bits per heavy atom. The Hall–Kier alpha value is -1.10. The lowest BCUT2D eigenvalue weighted by Crippen LogP contribution is -1.99. The predicted molar refractivity (Wildman–Crippen MR) is 73.3 cm³/mol. The maximum atomic E-state index is 8.90. The van der Waals surface area contributed by atoms with E-state index >= 15 is 0 Å². The molecule has 0 atom stereocenters. The zero-order chi connectivity index (χ0) is 12.8. The van der Waals surface area contributed by atoms with Crippen LogP contribution in [0, 0.1) is 0 Å². The van der Waals surface area contributed by atoms with Gasteiger partial charge in [-0.1, -0.05) is 11.6 Å². The lowest BCUT2D eigenvalue weighted by atomic mass is 10.3. The van der Waals surface area contributed by atoms with Crippen LogP contribution in [-0.2, 0) is 13.0 Å². The summed E-state index contributed by atoms with van der Waals surface area (Å²) in [5.74, 6) is 0.828. The van der Waals surface area contributed by atoms with E-state index in [1.807, 2.05) is 29.6 Å². The molecule has 0 radical (unpaired) electrons. The molecule has 3 nitrogen and oxygen atoms in total. The number of aliphatic hydroxyl groups excluding tert-OH is 1. The Balaban J connectivity index is 1.71. The van der Waals surface area contributed by atoms with Crippen molar-refractivity contribution in [2.24, 2.45) is 0 Å². The average Bonchev–Trinajstić information content (AvgIpc) is 2.85. The monoisotopic (exact) mass is 283 g/mol. The molecule has 96 valence electrons. The number of aromatic nitrogens is 1. The van der Waals surface area contributed by atoms with E-state index in [4.69, 9.17) is 21.4 Å². The van der Waals surface area contributed by atoms with Crippen molar-refractivity contribution in [3.8, 4) is 5.75 Å². The van der Waals surface area contributed by atoms with E-state index in [1.165, 1.54) is 0 Å². The van der Waals surface area contributed by atoms with Gasteiger partial charge in [-0.3, -0.25) is 0 Å². The number of thiazole rings is 1. The first-order valence-corrected chi connectivity index (χ1v) is 6.96. The third-order valence-electron chi connectivity index (χ3n) is 2.38. The molecule has 0 amide bonds. The minimum atomic E-state index is 0.0117. The highest BCUT2D eigenvalue weighted by Gasteiger charge is 2.01. The van der Waals surface area contributed by atoms with Gasteiger partial charge in [0.15, 0.2) is 0 Å². The van der Waals surface area contributed by atoms with Crippen LogP contribution in [0.25, 0.3) is 0 Å². The molecule has 0 aliphatic carbocycles. The van der Waals surface area contributed by atoms with Crippen LogP contribution < -0.4 is 4.74 Å². The number of aryl methyl sites for hydroxylation is 1. The lowest BCUT2D eigenvalue weighted by molar-refractivity contribution is 0.277. The maximum absolute atomic E-state index is 8.90. The highest BCUT2D eigenvalue weighted by molar-refractivity contribution is 7.09. The maximum Gasteiger partial charge on any atom is 0.119 e. The highest BCUT2D eigenvalue weighted by Crippen LogP contribution is 2.16. The molecule has 0 saturated heterocycles. The summed E-state index contributed by atoms with van der Waals surface area (Å²) in [5, 5.41) is 12.5. The normalized spacial score (nSPS) is 10.6. The third kappa shape index (κ3) is 3.98. The predicted octanol–water partition coefficient (Wildman–Crippen LogP) is 3.30. The molecule has 1 N–H and O–H groups in total. The number of ether oxygens (including phenoxy) is 1. The number of aliphatic hydroxyl groups is 1. The summed E-state index contributed by atoms with van der Waals surface area (Å²) in [6.45, 7) is 0.660. The van der Waals surface area contributed by atoms with Crippen molar-refractivity contribution >= 4 is 22.9 Å². The summed E-state index contributed by atoms with van der Waals surface area (Å²) in [6, 6.07) is 7.33. The van der Waals surface area contributed by atoms with Crippen molar-refractivity contribution in [1.29, 1.82) is 0 Å². The van der Waals surface area contributed by atoms with Crippen LogP contribution in [0.2, 0.25) is 5.02 Å². The average molecular weight is 284 g/mol. The van der Waals surface area contributed by atoms with Gasteiger partial charge in [0, 0.05) is 16.8 Å². The first kappa shape index (κ1) is 13.3. The quantitative estimate of drug-likeness (QED) is 0.827. The van der Waals surface area contributed by atoms with Crippen LogP contribution in [0.15, 0.2) is 29.6 Å². The Kier molecular flexibility index (Phi) is 4.99. The molecular weight excluding hydrogens is 270 g/mol. The summed E-state index contributed by atoms with van der Waals surface area (Å²) in [6.07, 6.45) is 1.78.